The lowest BCUT2D eigenvalue weighted by Gasteiger charge is -2.07. The fraction of sp³-hybridized carbons (Fsp3) is 0.333. The molecule has 0 amide bonds. The maximum Gasteiger partial charge on any atom is 0.338 e. The van der Waals surface area contributed by atoms with E-state index in [-0.39, 0.29) is 34.2 Å². The fourth-order valence-corrected chi connectivity index (χ4v) is 4.08. The molecule has 11 nitrogen and oxygen atoms in total. The predicted octanol–water partition coefficient (Wildman–Crippen LogP) is 0.881. The van der Waals surface area contributed by atoms with Gasteiger partial charge in [0.1, 0.15) is 17.3 Å². The van der Waals surface area contributed by atoms with E-state index in [4.69, 9.17) is 21.5 Å². The molecule has 2 aromatic heterocycles. The zero-order valence-corrected chi connectivity index (χ0v) is 18.3. The smallest absolute Gasteiger partial charge is 0.338 e. The molecule has 3 aromatic rings. The van der Waals surface area contributed by atoms with Gasteiger partial charge in [-0.15, -0.1) is 0 Å². The third-order valence-electron chi connectivity index (χ3n) is 4.65. The SMILES string of the molecule is CCCCn1c(=O)[nH]c(=O)c2c1nc(COC(=O)c1ccc(Cl)c(S(N)(=O)=O)c1)n2C. The second-order valence-corrected chi connectivity index (χ2v) is 8.73. The number of nitrogens with two attached hydrogens (primary N) is 1. The molecule has 0 unspecified atom stereocenters. The minimum atomic E-state index is -4.13. The van der Waals surface area contributed by atoms with Gasteiger partial charge in [-0.2, -0.15) is 0 Å². The van der Waals surface area contributed by atoms with E-state index in [1.54, 1.807) is 7.05 Å². The molecule has 0 atom stereocenters. The molecule has 0 bridgehead atoms. The zero-order chi connectivity index (χ0) is 22.9. The number of rotatable bonds is 7. The highest BCUT2D eigenvalue weighted by atomic mass is 35.5. The number of primary sulfonamides is 1. The highest BCUT2D eigenvalue weighted by Gasteiger charge is 2.20. The highest BCUT2D eigenvalue weighted by molar-refractivity contribution is 7.89. The summed E-state index contributed by atoms with van der Waals surface area (Å²) in [5.74, 6) is -0.615. The van der Waals surface area contributed by atoms with Gasteiger partial charge in [0, 0.05) is 13.6 Å². The molecule has 0 saturated carbocycles. The van der Waals surface area contributed by atoms with Crippen LogP contribution in [0.4, 0.5) is 0 Å². The summed E-state index contributed by atoms with van der Waals surface area (Å²) in [6.45, 7) is 2.02. The van der Waals surface area contributed by atoms with Crippen LogP contribution >= 0.6 is 11.6 Å². The number of benzene rings is 1. The molecule has 2 heterocycles. The van der Waals surface area contributed by atoms with Gasteiger partial charge >= 0.3 is 11.7 Å². The van der Waals surface area contributed by atoms with Crippen LogP contribution in [-0.2, 0) is 35.0 Å². The molecule has 0 aliphatic carbocycles. The molecular weight excluding hydrogens is 450 g/mol. The Kier molecular flexibility index (Phi) is 6.34. The summed E-state index contributed by atoms with van der Waals surface area (Å²) in [5, 5.41) is 4.97. The Labute approximate surface area is 181 Å². The van der Waals surface area contributed by atoms with Crippen LogP contribution in [0.15, 0.2) is 32.7 Å². The van der Waals surface area contributed by atoms with Gasteiger partial charge < -0.3 is 9.30 Å². The van der Waals surface area contributed by atoms with Gasteiger partial charge in [-0.05, 0) is 24.6 Å². The largest absolute Gasteiger partial charge is 0.454 e. The average molecular weight is 470 g/mol. The van der Waals surface area contributed by atoms with Crippen LogP contribution < -0.4 is 16.4 Å². The third-order valence-corrected chi connectivity index (χ3v) is 6.04. The predicted molar refractivity (Wildman–Crippen MR) is 112 cm³/mol. The van der Waals surface area contributed by atoms with Crippen molar-refractivity contribution >= 4 is 38.8 Å². The zero-order valence-electron chi connectivity index (χ0n) is 16.7. The Hall–Kier alpha value is -2.96. The molecule has 0 fully saturated rings. The molecule has 3 N–H and O–H groups in total. The highest BCUT2D eigenvalue weighted by Crippen LogP contribution is 2.22. The van der Waals surface area contributed by atoms with E-state index in [1.807, 2.05) is 6.92 Å². The third kappa shape index (κ3) is 4.55. The molecule has 0 radical (unpaired) electrons. The van der Waals surface area contributed by atoms with Gasteiger partial charge in [0.05, 0.1) is 10.6 Å². The number of aromatic amines is 1. The Morgan fingerprint density at radius 3 is 2.68 bits per heavy atom. The number of esters is 1. The van der Waals surface area contributed by atoms with E-state index in [0.29, 0.717) is 13.0 Å². The molecule has 0 aliphatic heterocycles. The number of aryl methyl sites for hydroxylation is 2. The normalized spacial score (nSPS) is 11.7. The fourth-order valence-electron chi connectivity index (χ4n) is 3.01. The summed E-state index contributed by atoms with van der Waals surface area (Å²) >= 11 is 5.82. The van der Waals surface area contributed by atoms with Crippen molar-refractivity contribution in [1.82, 2.24) is 19.1 Å². The molecule has 0 aliphatic rings. The van der Waals surface area contributed by atoms with Crippen LogP contribution in [0.5, 0.6) is 0 Å². The summed E-state index contributed by atoms with van der Waals surface area (Å²) in [6.07, 6.45) is 1.55. The van der Waals surface area contributed by atoms with Crippen LogP contribution in [0.2, 0.25) is 5.02 Å². The summed E-state index contributed by atoms with van der Waals surface area (Å²) in [7, 11) is -2.57. The molecule has 166 valence electrons. The van der Waals surface area contributed by atoms with E-state index < -0.39 is 32.1 Å². The molecule has 13 heteroatoms. The van der Waals surface area contributed by atoms with E-state index >= 15 is 0 Å². The Morgan fingerprint density at radius 2 is 2.03 bits per heavy atom. The number of halogens is 1. The van der Waals surface area contributed by atoms with Crippen molar-refractivity contribution < 1.29 is 17.9 Å². The van der Waals surface area contributed by atoms with Crippen LogP contribution in [-0.4, -0.2) is 33.5 Å². The second kappa shape index (κ2) is 8.65. The van der Waals surface area contributed by atoms with Gasteiger partial charge in [0.2, 0.25) is 10.0 Å². The van der Waals surface area contributed by atoms with Gasteiger partial charge in [-0.25, -0.2) is 28.1 Å². The summed E-state index contributed by atoms with van der Waals surface area (Å²) in [4.78, 5) is 43.0. The van der Waals surface area contributed by atoms with E-state index in [9.17, 15) is 22.8 Å². The van der Waals surface area contributed by atoms with Crippen molar-refractivity contribution in [2.75, 3.05) is 0 Å². The molecule has 31 heavy (non-hydrogen) atoms. The quantitative estimate of drug-likeness (QED) is 0.485. The maximum absolute atomic E-state index is 12.4. The number of hydrogen-bond acceptors (Lipinski definition) is 7. The number of aromatic nitrogens is 4. The monoisotopic (exact) mass is 469 g/mol. The van der Waals surface area contributed by atoms with Gasteiger partial charge in [0.15, 0.2) is 11.2 Å². The van der Waals surface area contributed by atoms with Crippen LogP contribution in [0, 0.1) is 0 Å². The van der Waals surface area contributed by atoms with Crippen molar-refractivity contribution in [3.63, 3.8) is 0 Å². The summed E-state index contributed by atoms with van der Waals surface area (Å²) < 4.78 is 31.2. The lowest BCUT2D eigenvalue weighted by atomic mass is 10.2. The summed E-state index contributed by atoms with van der Waals surface area (Å²) in [6, 6.07) is 3.53. The molecular formula is C18H20ClN5O6S. The minimum Gasteiger partial charge on any atom is -0.454 e. The Morgan fingerprint density at radius 1 is 1.32 bits per heavy atom. The standard InChI is InChI=1S/C18H20ClN5O6S/c1-3-4-7-24-15-14(16(25)22-18(24)27)23(2)13(21-15)9-30-17(26)10-5-6-11(19)12(8-10)31(20,28)29/h5-6,8H,3-4,7,9H2,1-2H3,(H2,20,28,29)(H,22,25,27). The molecule has 1 aromatic carbocycles. The van der Waals surface area contributed by atoms with E-state index in [0.717, 1.165) is 12.5 Å². The van der Waals surface area contributed by atoms with Crippen LogP contribution in [0.1, 0.15) is 35.9 Å². The minimum absolute atomic E-state index is 0.0788. The number of nitrogens with one attached hydrogen (secondary N) is 1. The van der Waals surface area contributed by atoms with Crippen molar-refractivity contribution in [1.29, 1.82) is 0 Å². The number of carbonyl (C=O) groups excluding carboxylic acids is 1. The number of imidazole rings is 1. The molecule has 0 spiro atoms. The number of nitrogens with zero attached hydrogens (tertiary/aromatic N) is 3. The van der Waals surface area contributed by atoms with Gasteiger partial charge in [-0.1, -0.05) is 24.9 Å². The van der Waals surface area contributed by atoms with E-state index in [1.165, 1.54) is 21.3 Å². The lowest BCUT2D eigenvalue weighted by molar-refractivity contribution is 0.0459. The Bertz CT molecular complexity index is 1390. The number of sulfonamides is 1. The molecule has 3 rings (SSSR count). The Balaban J connectivity index is 1.92. The number of unbranched alkanes of at least 4 members (excludes halogenated alkanes) is 1. The molecule has 0 saturated heterocycles. The first-order chi connectivity index (χ1) is 14.5. The average Bonchev–Trinajstić information content (AvgIpc) is 3.02. The van der Waals surface area contributed by atoms with Crippen LogP contribution in [0.25, 0.3) is 11.2 Å². The van der Waals surface area contributed by atoms with E-state index in [2.05, 4.69) is 9.97 Å². The van der Waals surface area contributed by atoms with Crippen molar-refractivity contribution in [2.24, 2.45) is 12.2 Å². The first-order valence-corrected chi connectivity index (χ1v) is 11.1. The number of hydrogen-bond donors (Lipinski definition) is 2. The number of carbonyl (C=O) groups is 1. The maximum atomic E-state index is 12.4. The van der Waals surface area contributed by atoms with Crippen molar-refractivity contribution in [3.05, 3.63) is 55.4 Å². The van der Waals surface area contributed by atoms with Gasteiger partial charge in [-0.3, -0.25) is 14.3 Å². The van der Waals surface area contributed by atoms with Crippen molar-refractivity contribution in [2.45, 2.75) is 37.8 Å². The topological polar surface area (TPSA) is 159 Å². The number of H-pyrrole nitrogens is 1. The summed E-state index contributed by atoms with van der Waals surface area (Å²) in [5.41, 5.74) is -0.881. The first-order valence-electron chi connectivity index (χ1n) is 9.22. The van der Waals surface area contributed by atoms with Gasteiger partial charge in [0.25, 0.3) is 5.56 Å². The first kappa shape index (κ1) is 22.7. The number of fused-ring (bicyclic) bond motifs is 1. The van der Waals surface area contributed by atoms with Crippen molar-refractivity contribution in [3.8, 4) is 0 Å². The van der Waals surface area contributed by atoms with Crippen LogP contribution in [0.3, 0.4) is 0 Å². The second-order valence-electron chi connectivity index (χ2n) is 6.79. The lowest BCUT2D eigenvalue weighted by Crippen LogP contribution is -2.31. The number of ether oxygens (including phenoxy) is 1.